The van der Waals surface area contributed by atoms with E-state index in [9.17, 15) is 8.42 Å². The van der Waals surface area contributed by atoms with E-state index in [0.717, 1.165) is 18.4 Å². The van der Waals surface area contributed by atoms with Gasteiger partial charge in [-0.1, -0.05) is 32.4 Å². The molecule has 0 heterocycles. The highest BCUT2D eigenvalue weighted by Crippen LogP contribution is 2.17. The van der Waals surface area contributed by atoms with Crippen molar-refractivity contribution in [3.8, 4) is 6.07 Å². The number of aryl methyl sites for hydroxylation is 1. The van der Waals surface area contributed by atoms with Crippen molar-refractivity contribution in [3.05, 3.63) is 29.8 Å². The first-order chi connectivity index (χ1) is 9.06. The smallest absolute Gasteiger partial charge is 0.207 e. The number of hydrogen-bond donors (Lipinski definition) is 0. The lowest BCUT2D eigenvalue weighted by atomic mass is 10.1. The van der Waals surface area contributed by atoms with Crippen molar-refractivity contribution in [2.24, 2.45) is 0 Å². The van der Waals surface area contributed by atoms with Gasteiger partial charge in [0, 0.05) is 6.54 Å². The van der Waals surface area contributed by atoms with Crippen molar-refractivity contribution in [2.75, 3.05) is 13.1 Å². The summed E-state index contributed by atoms with van der Waals surface area (Å²) in [6, 6.07) is 8.84. The largest absolute Gasteiger partial charge is 0.244 e. The molecule has 0 N–H and O–H groups in total. The molecule has 0 fully saturated rings. The molecule has 4 nitrogen and oxygen atoms in total. The fourth-order valence-corrected chi connectivity index (χ4v) is 3.31. The molecule has 1 aromatic rings. The van der Waals surface area contributed by atoms with Gasteiger partial charge < -0.3 is 0 Å². The summed E-state index contributed by atoms with van der Waals surface area (Å²) in [6.07, 6.45) is 2.66. The Balaban J connectivity index is 3.01. The maximum absolute atomic E-state index is 12.4. The van der Waals surface area contributed by atoms with Gasteiger partial charge in [-0.2, -0.15) is 9.57 Å². The normalized spacial score (nSPS) is 11.5. The summed E-state index contributed by atoms with van der Waals surface area (Å²) in [7, 11) is -3.55. The molecule has 0 aliphatic carbocycles. The summed E-state index contributed by atoms with van der Waals surface area (Å²) in [4.78, 5) is 0.260. The van der Waals surface area contributed by atoms with E-state index in [1.165, 1.54) is 4.31 Å². The monoisotopic (exact) mass is 280 g/mol. The van der Waals surface area contributed by atoms with E-state index >= 15 is 0 Å². The topological polar surface area (TPSA) is 61.2 Å². The molecule has 0 unspecified atom stereocenters. The third-order valence-corrected chi connectivity index (χ3v) is 4.68. The summed E-state index contributed by atoms with van der Waals surface area (Å²) >= 11 is 0. The molecule has 5 heteroatoms. The Hall–Kier alpha value is -1.38. The first-order valence-electron chi connectivity index (χ1n) is 6.52. The lowest BCUT2D eigenvalue weighted by Gasteiger charge is -2.18. The van der Waals surface area contributed by atoms with Crippen LogP contribution in [-0.4, -0.2) is 25.8 Å². The fraction of sp³-hybridized carbons (Fsp3) is 0.500. The van der Waals surface area contributed by atoms with Crippen LogP contribution in [0.3, 0.4) is 0 Å². The van der Waals surface area contributed by atoms with E-state index < -0.39 is 10.0 Å². The zero-order chi connectivity index (χ0) is 14.3. The predicted octanol–water partition coefficient (Wildman–Crippen LogP) is 2.56. The Morgan fingerprint density at radius 2 is 1.79 bits per heavy atom. The predicted molar refractivity (Wildman–Crippen MR) is 75.1 cm³/mol. The van der Waals surface area contributed by atoms with Crippen molar-refractivity contribution in [2.45, 2.75) is 38.0 Å². The van der Waals surface area contributed by atoms with Crippen LogP contribution in [-0.2, 0) is 16.4 Å². The molecular formula is C14H20N2O2S. The van der Waals surface area contributed by atoms with Gasteiger partial charge in [-0.15, -0.1) is 0 Å². The van der Waals surface area contributed by atoms with Crippen molar-refractivity contribution in [1.82, 2.24) is 4.31 Å². The summed E-state index contributed by atoms with van der Waals surface area (Å²) in [5, 5.41) is 8.73. The number of rotatable bonds is 7. The molecule has 0 aliphatic heterocycles. The van der Waals surface area contributed by atoms with Gasteiger partial charge in [0.05, 0.1) is 11.0 Å². The number of hydrogen-bond acceptors (Lipinski definition) is 3. The Labute approximate surface area is 115 Å². The molecule has 0 atom stereocenters. The van der Waals surface area contributed by atoms with Crippen LogP contribution in [0.25, 0.3) is 0 Å². The van der Waals surface area contributed by atoms with Gasteiger partial charge >= 0.3 is 0 Å². The van der Waals surface area contributed by atoms with Crippen molar-refractivity contribution in [1.29, 1.82) is 5.26 Å². The minimum atomic E-state index is -3.55. The SMILES string of the molecule is CCCc1ccc(S(=O)(=O)N(CC#N)CCC)cc1. The van der Waals surface area contributed by atoms with Crippen molar-refractivity contribution < 1.29 is 8.42 Å². The number of nitrogens with zero attached hydrogens (tertiary/aromatic N) is 2. The Bertz CT molecular complexity index is 530. The average molecular weight is 280 g/mol. The highest BCUT2D eigenvalue weighted by Gasteiger charge is 2.23. The maximum Gasteiger partial charge on any atom is 0.244 e. The molecule has 0 radical (unpaired) electrons. The Morgan fingerprint density at radius 3 is 2.26 bits per heavy atom. The van der Waals surface area contributed by atoms with Crippen LogP contribution >= 0.6 is 0 Å². The molecule has 104 valence electrons. The molecule has 0 saturated heterocycles. The molecular weight excluding hydrogens is 260 g/mol. The second-order valence-electron chi connectivity index (χ2n) is 4.39. The molecule has 0 aliphatic rings. The second-order valence-corrected chi connectivity index (χ2v) is 6.33. The Kier molecular flexibility index (Phi) is 6.00. The van der Waals surface area contributed by atoms with Crippen molar-refractivity contribution >= 4 is 10.0 Å². The molecule has 0 bridgehead atoms. The molecule has 0 amide bonds. The molecule has 0 saturated carbocycles. The highest BCUT2D eigenvalue weighted by atomic mass is 32.2. The van der Waals surface area contributed by atoms with Crippen LogP contribution in [0, 0.1) is 11.3 Å². The second kappa shape index (κ2) is 7.27. The zero-order valence-corrected chi connectivity index (χ0v) is 12.3. The van der Waals surface area contributed by atoms with Crippen LogP contribution in [0.15, 0.2) is 29.2 Å². The van der Waals surface area contributed by atoms with Crippen LogP contribution < -0.4 is 0 Å². The molecule has 0 aromatic heterocycles. The van der Waals surface area contributed by atoms with Gasteiger partial charge in [0.2, 0.25) is 10.0 Å². The number of nitriles is 1. The van der Waals surface area contributed by atoms with E-state index in [1.807, 2.05) is 25.1 Å². The van der Waals surface area contributed by atoms with E-state index in [4.69, 9.17) is 5.26 Å². The first-order valence-corrected chi connectivity index (χ1v) is 7.96. The number of benzene rings is 1. The van der Waals surface area contributed by atoms with Crippen molar-refractivity contribution in [3.63, 3.8) is 0 Å². The van der Waals surface area contributed by atoms with Crippen LogP contribution in [0.1, 0.15) is 32.3 Å². The van der Waals surface area contributed by atoms with Gasteiger partial charge in [-0.05, 0) is 30.5 Å². The van der Waals surface area contributed by atoms with Gasteiger partial charge in [0.15, 0.2) is 0 Å². The van der Waals surface area contributed by atoms with Crippen LogP contribution in [0.5, 0.6) is 0 Å². The quantitative estimate of drug-likeness (QED) is 0.721. The van der Waals surface area contributed by atoms with E-state index in [0.29, 0.717) is 13.0 Å². The van der Waals surface area contributed by atoms with Gasteiger partial charge in [0.1, 0.15) is 6.54 Å². The fourth-order valence-electron chi connectivity index (χ4n) is 1.88. The summed E-state index contributed by atoms with van der Waals surface area (Å²) < 4.78 is 25.9. The standard InChI is InChI=1S/C14H20N2O2S/c1-3-5-13-6-8-14(9-7-13)19(17,18)16(11-4-2)12-10-15/h6-9H,3-5,11-12H2,1-2H3. The number of sulfonamides is 1. The molecule has 1 rings (SSSR count). The zero-order valence-electron chi connectivity index (χ0n) is 11.5. The van der Waals surface area contributed by atoms with Gasteiger partial charge in [-0.25, -0.2) is 8.42 Å². The summed E-state index contributed by atoms with van der Waals surface area (Å²) in [5.74, 6) is 0. The summed E-state index contributed by atoms with van der Waals surface area (Å²) in [6.45, 7) is 4.24. The van der Waals surface area contributed by atoms with Gasteiger partial charge in [0.25, 0.3) is 0 Å². The third kappa shape index (κ3) is 4.05. The lowest BCUT2D eigenvalue weighted by Crippen LogP contribution is -2.32. The molecule has 1 aromatic carbocycles. The van der Waals surface area contributed by atoms with Gasteiger partial charge in [-0.3, -0.25) is 0 Å². The Morgan fingerprint density at radius 1 is 1.16 bits per heavy atom. The highest BCUT2D eigenvalue weighted by molar-refractivity contribution is 7.89. The maximum atomic E-state index is 12.4. The minimum Gasteiger partial charge on any atom is -0.207 e. The summed E-state index contributed by atoms with van der Waals surface area (Å²) in [5.41, 5.74) is 1.13. The third-order valence-electron chi connectivity index (χ3n) is 2.82. The average Bonchev–Trinajstić information content (AvgIpc) is 2.39. The molecule has 19 heavy (non-hydrogen) atoms. The van der Waals surface area contributed by atoms with Crippen LogP contribution in [0.2, 0.25) is 0 Å². The van der Waals surface area contributed by atoms with E-state index in [2.05, 4.69) is 6.92 Å². The minimum absolute atomic E-state index is 0.104. The lowest BCUT2D eigenvalue weighted by molar-refractivity contribution is 0.444. The first kappa shape index (κ1) is 15.7. The molecule has 0 spiro atoms. The van der Waals surface area contributed by atoms with Crippen LogP contribution in [0.4, 0.5) is 0 Å². The van der Waals surface area contributed by atoms with E-state index in [-0.39, 0.29) is 11.4 Å². The van der Waals surface area contributed by atoms with E-state index in [1.54, 1.807) is 12.1 Å².